The van der Waals surface area contributed by atoms with Gasteiger partial charge >= 0.3 is 7.40 Å². The van der Waals surface area contributed by atoms with Crippen LogP contribution in [0.4, 0.5) is 4.32 Å². The first-order valence-electron chi connectivity index (χ1n) is 5.91. The molecule has 5 heteroatoms. The Morgan fingerprint density at radius 3 is 0.824 bits per heavy atom. The summed E-state index contributed by atoms with van der Waals surface area (Å²) in [6.45, 7) is 21.5. The van der Waals surface area contributed by atoms with Gasteiger partial charge in [-0.15, -0.1) is 0 Å². The van der Waals surface area contributed by atoms with Gasteiger partial charge in [0.15, 0.2) is 0 Å². The third-order valence-corrected chi connectivity index (χ3v) is 6.04. The average molecular weight is 266 g/mol. The lowest BCUT2D eigenvalue weighted by Gasteiger charge is -2.49. The van der Waals surface area contributed by atoms with Crippen molar-refractivity contribution in [2.75, 3.05) is 0 Å². The molecular weight excluding hydrogens is 237 g/mol. The molecule has 0 rings (SSSR count). The standard InChI is InChI=1S/C12H27P.BFH2O2/c1-10(2,3)13(11(4,5)6)12(7,8)9;2-1(3)4/h1-9H3;3-4H. The zero-order chi connectivity index (χ0) is 14.7. The second kappa shape index (κ2) is 6.49. The third kappa shape index (κ3) is 9.99. The van der Waals surface area contributed by atoms with Gasteiger partial charge in [0.1, 0.15) is 0 Å². The molecule has 0 unspecified atom stereocenters. The molecule has 0 aromatic carbocycles. The quantitative estimate of drug-likeness (QED) is 0.517. The molecule has 0 aliphatic carbocycles. The Morgan fingerprint density at radius 2 is 0.824 bits per heavy atom. The first kappa shape index (κ1) is 19.7. The average Bonchev–Trinajstić information content (AvgIpc) is 1.69. The van der Waals surface area contributed by atoms with E-state index in [9.17, 15) is 4.32 Å². The maximum Gasteiger partial charge on any atom is 0.674 e. The SMILES string of the molecule is CC(C)(C)P(C(C)(C)C)C(C)(C)C.OB(O)F. The maximum absolute atomic E-state index is 10.1. The van der Waals surface area contributed by atoms with Crippen molar-refractivity contribution in [3.8, 4) is 0 Å². The molecule has 2 N–H and O–H groups in total. The number of hydrogen-bond acceptors (Lipinski definition) is 2. The summed E-state index contributed by atoms with van der Waals surface area (Å²) in [7, 11) is -2.65. The Balaban J connectivity index is 0. The lowest BCUT2D eigenvalue weighted by atomic mass is 10.2. The Hall–Kier alpha value is 0.345. The minimum absolute atomic E-state index is 0.0162. The summed E-state index contributed by atoms with van der Waals surface area (Å²) < 4.78 is 10.1. The van der Waals surface area contributed by atoms with Crippen molar-refractivity contribution in [1.82, 2.24) is 0 Å². The van der Waals surface area contributed by atoms with Crippen LogP contribution in [0.5, 0.6) is 0 Å². The Labute approximate surface area is 108 Å². The van der Waals surface area contributed by atoms with Crippen molar-refractivity contribution in [2.45, 2.75) is 77.8 Å². The molecule has 0 aliphatic rings. The van der Waals surface area contributed by atoms with Gasteiger partial charge < -0.3 is 10.0 Å². The number of halogens is 1. The van der Waals surface area contributed by atoms with Crippen LogP contribution < -0.4 is 0 Å². The summed E-state index contributed by atoms with van der Waals surface area (Å²) in [5.41, 5.74) is 0. The van der Waals surface area contributed by atoms with Gasteiger partial charge in [-0.2, -0.15) is 0 Å². The molecule has 0 aliphatic heterocycles. The van der Waals surface area contributed by atoms with E-state index in [-0.39, 0.29) is 7.92 Å². The highest BCUT2D eigenvalue weighted by atomic mass is 31.1. The Bertz CT molecular complexity index is 178. The summed E-state index contributed by atoms with van der Waals surface area (Å²) in [5, 5.41) is 15.2. The van der Waals surface area contributed by atoms with Crippen molar-refractivity contribution in [1.29, 1.82) is 0 Å². The second-order valence-corrected chi connectivity index (χ2v) is 11.9. The summed E-state index contributed by atoms with van der Waals surface area (Å²) in [5.74, 6) is 0. The van der Waals surface area contributed by atoms with Crippen LogP contribution in [0, 0.1) is 0 Å². The highest BCUT2D eigenvalue weighted by Crippen LogP contribution is 2.66. The summed E-state index contributed by atoms with van der Waals surface area (Å²) in [6, 6.07) is 0. The van der Waals surface area contributed by atoms with Crippen molar-refractivity contribution in [3.05, 3.63) is 0 Å². The molecule has 0 radical (unpaired) electrons. The van der Waals surface area contributed by atoms with E-state index in [0.717, 1.165) is 0 Å². The molecular formula is C12H29BFO2P. The van der Waals surface area contributed by atoms with Gasteiger partial charge in [-0.25, -0.2) is 0 Å². The van der Waals surface area contributed by atoms with Crippen LogP contribution in [-0.2, 0) is 0 Å². The molecule has 17 heavy (non-hydrogen) atoms. The van der Waals surface area contributed by atoms with Crippen LogP contribution in [0.25, 0.3) is 0 Å². The van der Waals surface area contributed by atoms with E-state index < -0.39 is 7.40 Å². The molecule has 0 bridgehead atoms. The van der Waals surface area contributed by atoms with Gasteiger partial charge in [0.2, 0.25) is 0 Å². The van der Waals surface area contributed by atoms with Crippen molar-refractivity contribution in [2.24, 2.45) is 0 Å². The maximum atomic E-state index is 10.1. The zero-order valence-corrected chi connectivity index (χ0v) is 13.7. The van der Waals surface area contributed by atoms with Crippen molar-refractivity contribution in [3.63, 3.8) is 0 Å². The number of rotatable bonds is 0. The molecule has 0 fully saturated rings. The van der Waals surface area contributed by atoms with Crippen LogP contribution in [-0.4, -0.2) is 32.9 Å². The fourth-order valence-electron chi connectivity index (χ4n) is 3.02. The van der Waals surface area contributed by atoms with E-state index in [0.29, 0.717) is 15.5 Å². The second-order valence-electron chi connectivity index (χ2n) is 7.16. The normalized spacial score (nSPS) is 13.2. The topological polar surface area (TPSA) is 40.5 Å². The van der Waals surface area contributed by atoms with E-state index >= 15 is 0 Å². The predicted octanol–water partition coefficient (Wildman–Crippen LogP) is 3.79. The van der Waals surface area contributed by atoms with E-state index in [1.54, 1.807) is 0 Å². The molecule has 104 valence electrons. The molecule has 0 atom stereocenters. The fourth-order valence-corrected chi connectivity index (χ4v) is 9.06. The minimum Gasteiger partial charge on any atom is -0.398 e. The highest BCUT2D eigenvalue weighted by Gasteiger charge is 2.41. The monoisotopic (exact) mass is 266 g/mol. The van der Waals surface area contributed by atoms with Crippen LogP contribution in [0.3, 0.4) is 0 Å². The first-order chi connectivity index (χ1) is 7.10. The first-order valence-corrected chi connectivity index (χ1v) is 7.25. The lowest BCUT2D eigenvalue weighted by Crippen LogP contribution is -2.34. The van der Waals surface area contributed by atoms with Gasteiger partial charge in [0, 0.05) is 0 Å². The van der Waals surface area contributed by atoms with Gasteiger partial charge in [-0.1, -0.05) is 70.2 Å². The van der Waals surface area contributed by atoms with Gasteiger partial charge in [0.05, 0.1) is 0 Å². The van der Waals surface area contributed by atoms with E-state index in [1.807, 2.05) is 0 Å². The molecule has 0 saturated heterocycles. The van der Waals surface area contributed by atoms with Crippen molar-refractivity contribution < 1.29 is 14.4 Å². The Morgan fingerprint density at radius 1 is 0.706 bits per heavy atom. The number of hydrogen-bond donors (Lipinski definition) is 2. The predicted molar refractivity (Wildman–Crippen MR) is 77.5 cm³/mol. The summed E-state index contributed by atoms with van der Waals surface area (Å²) >= 11 is 0. The van der Waals surface area contributed by atoms with Gasteiger partial charge in [0.25, 0.3) is 0 Å². The highest BCUT2D eigenvalue weighted by molar-refractivity contribution is 7.62. The van der Waals surface area contributed by atoms with E-state index in [2.05, 4.69) is 62.3 Å². The largest absolute Gasteiger partial charge is 0.674 e. The van der Waals surface area contributed by atoms with Gasteiger partial charge in [-0.05, 0) is 15.5 Å². The zero-order valence-electron chi connectivity index (χ0n) is 12.8. The third-order valence-electron chi connectivity index (χ3n) is 2.01. The molecule has 0 amide bonds. The van der Waals surface area contributed by atoms with E-state index in [1.165, 1.54) is 0 Å². The minimum atomic E-state index is -2.67. The lowest BCUT2D eigenvalue weighted by molar-refractivity contribution is 0.340. The van der Waals surface area contributed by atoms with Crippen molar-refractivity contribution >= 4 is 15.3 Å². The smallest absolute Gasteiger partial charge is 0.398 e. The molecule has 0 aromatic rings. The van der Waals surface area contributed by atoms with E-state index in [4.69, 9.17) is 10.0 Å². The van der Waals surface area contributed by atoms with Crippen LogP contribution in [0.1, 0.15) is 62.3 Å². The summed E-state index contributed by atoms with van der Waals surface area (Å²) in [6.07, 6.45) is 0. The van der Waals surface area contributed by atoms with Crippen LogP contribution in [0.2, 0.25) is 0 Å². The summed E-state index contributed by atoms with van der Waals surface area (Å²) in [4.78, 5) is 0. The van der Waals surface area contributed by atoms with Gasteiger partial charge in [-0.3, -0.25) is 4.32 Å². The molecule has 0 heterocycles. The molecule has 0 saturated carbocycles. The van der Waals surface area contributed by atoms with Crippen LogP contribution >= 0.6 is 7.92 Å². The molecule has 0 spiro atoms. The molecule has 0 aromatic heterocycles. The molecule has 2 nitrogen and oxygen atoms in total. The van der Waals surface area contributed by atoms with Crippen LogP contribution in [0.15, 0.2) is 0 Å². The Kier molecular flexibility index (Phi) is 7.52. The fraction of sp³-hybridized carbons (Fsp3) is 1.00.